The predicted molar refractivity (Wildman–Crippen MR) is 178 cm³/mol. The first-order valence-corrected chi connectivity index (χ1v) is 17.0. The second-order valence-electron chi connectivity index (χ2n) is 12.9. The van der Waals surface area contributed by atoms with Crippen LogP contribution in [-0.2, 0) is 28.4 Å². The normalized spacial score (nSPS) is 18.6. The number of carbonyl (C=O) groups excluding carboxylic acids is 2. The molecule has 0 bridgehead atoms. The standard InChI is InChI=1S/C36H41F6N5O4/c1-4-28-18-32(30-14-23(3)6-7-31(30)47(28)34(49)50-5-2)46(21-25-15-26(35(37,38)39)17-27(16-25)36(40,41)42)33-43-19-29(20-44-33)51-13-12-45-10-8-24(22-48)9-11-45/h6-7,14-17,19-20,22,24,28,32H,4-5,8-13,18,21H2,1-3H3/t28-,32+/m1/s1. The Morgan fingerprint density at radius 3 is 2.20 bits per heavy atom. The van der Waals surface area contributed by atoms with Crippen LogP contribution in [0.4, 0.5) is 42.8 Å². The van der Waals surface area contributed by atoms with Crippen molar-refractivity contribution in [3.8, 4) is 5.75 Å². The Labute approximate surface area is 292 Å². The summed E-state index contributed by atoms with van der Waals surface area (Å²) in [5, 5.41) is 0. The van der Waals surface area contributed by atoms with E-state index in [0.717, 1.165) is 37.8 Å². The van der Waals surface area contributed by atoms with Crippen LogP contribution in [0.25, 0.3) is 0 Å². The Bertz CT molecular complexity index is 1630. The first-order chi connectivity index (χ1) is 24.2. The number of amides is 1. The Balaban J connectivity index is 1.51. The largest absolute Gasteiger partial charge is 0.489 e. The Kier molecular flexibility index (Phi) is 11.8. The summed E-state index contributed by atoms with van der Waals surface area (Å²) in [6.07, 6.45) is -4.46. The smallest absolute Gasteiger partial charge is 0.416 e. The molecular formula is C36H41F6N5O4. The van der Waals surface area contributed by atoms with Gasteiger partial charge in [0.1, 0.15) is 12.9 Å². The zero-order chi connectivity index (χ0) is 36.9. The molecule has 3 aromatic rings. The molecule has 1 fully saturated rings. The number of aromatic nitrogens is 2. The molecule has 0 N–H and O–H groups in total. The highest BCUT2D eigenvalue weighted by Crippen LogP contribution is 2.44. The van der Waals surface area contributed by atoms with Gasteiger partial charge in [-0.2, -0.15) is 26.3 Å². The van der Waals surface area contributed by atoms with Crippen LogP contribution in [-0.4, -0.2) is 66.1 Å². The molecule has 2 aromatic carbocycles. The second kappa shape index (κ2) is 15.9. The summed E-state index contributed by atoms with van der Waals surface area (Å²) in [7, 11) is 0. The third kappa shape index (κ3) is 9.10. The third-order valence-corrected chi connectivity index (χ3v) is 9.35. The van der Waals surface area contributed by atoms with E-state index < -0.39 is 48.2 Å². The fourth-order valence-corrected chi connectivity index (χ4v) is 6.70. The van der Waals surface area contributed by atoms with Gasteiger partial charge in [0, 0.05) is 25.0 Å². The minimum atomic E-state index is -5.03. The molecule has 3 heterocycles. The molecule has 0 spiro atoms. The average Bonchev–Trinajstić information content (AvgIpc) is 3.10. The minimum absolute atomic E-state index is 0.0566. The molecule has 9 nitrogen and oxygen atoms in total. The first-order valence-electron chi connectivity index (χ1n) is 17.0. The number of hydrogen-bond donors (Lipinski definition) is 0. The summed E-state index contributed by atoms with van der Waals surface area (Å²) in [6, 6.07) is 5.87. The van der Waals surface area contributed by atoms with Gasteiger partial charge in [0.15, 0.2) is 5.75 Å². The molecule has 1 amide bonds. The van der Waals surface area contributed by atoms with E-state index in [1.165, 1.54) is 12.4 Å². The summed E-state index contributed by atoms with van der Waals surface area (Å²) in [6.45, 7) is 7.64. The molecule has 5 rings (SSSR count). The highest BCUT2D eigenvalue weighted by molar-refractivity contribution is 5.90. The van der Waals surface area contributed by atoms with Gasteiger partial charge in [-0.05, 0) is 88.0 Å². The van der Waals surface area contributed by atoms with Crippen molar-refractivity contribution >= 4 is 24.0 Å². The van der Waals surface area contributed by atoms with E-state index in [1.807, 2.05) is 26.0 Å². The number of aldehydes is 1. The number of ether oxygens (including phenoxy) is 2. The quantitative estimate of drug-likeness (QED) is 0.146. The zero-order valence-electron chi connectivity index (χ0n) is 28.6. The number of nitrogens with zero attached hydrogens (tertiary/aromatic N) is 5. The van der Waals surface area contributed by atoms with Gasteiger partial charge in [0.05, 0.1) is 41.9 Å². The van der Waals surface area contributed by atoms with Crippen LogP contribution in [0.5, 0.6) is 5.75 Å². The van der Waals surface area contributed by atoms with E-state index in [0.29, 0.717) is 48.7 Å². The van der Waals surface area contributed by atoms with Gasteiger partial charge in [0.2, 0.25) is 5.95 Å². The van der Waals surface area contributed by atoms with Crippen LogP contribution in [0.2, 0.25) is 0 Å². The van der Waals surface area contributed by atoms with E-state index in [-0.39, 0.29) is 36.5 Å². The van der Waals surface area contributed by atoms with Gasteiger partial charge in [-0.3, -0.25) is 9.80 Å². The number of fused-ring (bicyclic) bond motifs is 1. The van der Waals surface area contributed by atoms with Gasteiger partial charge in [-0.1, -0.05) is 24.6 Å². The molecule has 2 aliphatic heterocycles. The Hall–Kier alpha value is -4.40. The van der Waals surface area contributed by atoms with E-state index in [4.69, 9.17) is 9.47 Å². The lowest BCUT2D eigenvalue weighted by atomic mass is 9.87. The van der Waals surface area contributed by atoms with Gasteiger partial charge < -0.3 is 19.2 Å². The fraction of sp³-hybridized carbons (Fsp3) is 0.500. The van der Waals surface area contributed by atoms with Crippen LogP contribution >= 0.6 is 0 Å². The van der Waals surface area contributed by atoms with Gasteiger partial charge in [-0.25, -0.2) is 14.8 Å². The van der Waals surface area contributed by atoms with Crippen molar-refractivity contribution in [2.45, 2.75) is 77.4 Å². The number of hydrogen-bond acceptors (Lipinski definition) is 8. The highest BCUT2D eigenvalue weighted by atomic mass is 19.4. The van der Waals surface area contributed by atoms with E-state index >= 15 is 0 Å². The second-order valence-corrected chi connectivity index (χ2v) is 12.9. The van der Waals surface area contributed by atoms with Crippen molar-refractivity contribution in [2.24, 2.45) is 5.92 Å². The van der Waals surface area contributed by atoms with Crippen LogP contribution < -0.4 is 14.5 Å². The lowest BCUT2D eigenvalue weighted by Crippen LogP contribution is -2.48. The van der Waals surface area contributed by atoms with Crippen LogP contribution in [0, 0.1) is 12.8 Å². The number of aryl methyl sites for hydroxylation is 1. The van der Waals surface area contributed by atoms with E-state index in [1.54, 1.807) is 22.8 Å². The number of halogens is 6. The monoisotopic (exact) mass is 721 g/mol. The molecule has 0 saturated carbocycles. The first kappa shape index (κ1) is 37.8. The van der Waals surface area contributed by atoms with Crippen molar-refractivity contribution in [1.29, 1.82) is 0 Å². The van der Waals surface area contributed by atoms with E-state index in [2.05, 4.69) is 14.9 Å². The number of piperidine rings is 1. The topological polar surface area (TPSA) is 88.1 Å². The molecule has 51 heavy (non-hydrogen) atoms. The SMILES string of the molecule is CCOC(=O)N1c2ccc(C)cc2[C@@H](N(Cc2cc(C(F)(F)F)cc(C(F)(F)F)c2)c2ncc(OCCN3CCC(C=O)CC3)cn2)C[C@H]1CC. The van der Waals surface area contributed by atoms with Crippen molar-refractivity contribution in [1.82, 2.24) is 14.9 Å². The van der Waals surface area contributed by atoms with Crippen LogP contribution in [0.1, 0.15) is 73.4 Å². The summed E-state index contributed by atoms with van der Waals surface area (Å²) in [4.78, 5) is 38.6. The zero-order valence-corrected chi connectivity index (χ0v) is 28.6. The van der Waals surface area contributed by atoms with E-state index in [9.17, 15) is 35.9 Å². The van der Waals surface area contributed by atoms with Crippen LogP contribution in [0.3, 0.4) is 0 Å². The lowest BCUT2D eigenvalue weighted by Gasteiger charge is -2.44. The van der Waals surface area contributed by atoms with Gasteiger partial charge in [-0.15, -0.1) is 0 Å². The maximum Gasteiger partial charge on any atom is 0.416 e. The molecule has 1 aromatic heterocycles. The fourth-order valence-electron chi connectivity index (χ4n) is 6.70. The predicted octanol–water partition coefficient (Wildman–Crippen LogP) is 8.01. The molecule has 0 aliphatic carbocycles. The maximum atomic E-state index is 13.9. The van der Waals surface area contributed by atoms with Gasteiger partial charge >= 0.3 is 18.4 Å². The van der Waals surface area contributed by atoms with Crippen molar-refractivity contribution in [3.05, 3.63) is 76.6 Å². The van der Waals surface area contributed by atoms with Crippen LogP contribution in [0.15, 0.2) is 48.8 Å². The number of rotatable bonds is 11. The number of likely N-dealkylation sites (tertiary alicyclic amines) is 1. The third-order valence-electron chi connectivity index (χ3n) is 9.35. The van der Waals surface area contributed by atoms with Crippen molar-refractivity contribution in [2.75, 3.05) is 42.6 Å². The summed E-state index contributed by atoms with van der Waals surface area (Å²) in [5.74, 6) is 0.462. The highest BCUT2D eigenvalue weighted by Gasteiger charge is 2.41. The summed E-state index contributed by atoms with van der Waals surface area (Å²) >= 11 is 0. The van der Waals surface area contributed by atoms with Crippen molar-refractivity contribution < 1.29 is 45.4 Å². The molecule has 2 atom stereocenters. The number of benzene rings is 2. The summed E-state index contributed by atoms with van der Waals surface area (Å²) < 4.78 is 94.5. The molecular weight excluding hydrogens is 680 g/mol. The summed E-state index contributed by atoms with van der Waals surface area (Å²) in [5.41, 5.74) is -1.12. The molecule has 15 heteroatoms. The molecule has 0 unspecified atom stereocenters. The Morgan fingerprint density at radius 2 is 1.63 bits per heavy atom. The number of alkyl halides is 6. The molecule has 1 saturated heterocycles. The van der Waals surface area contributed by atoms with Crippen molar-refractivity contribution in [3.63, 3.8) is 0 Å². The molecule has 276 valence electrons. The molecule has 2 aliphatic rings. The lowest BCUT2D eigenvalue weighted by molar-refractivity contribution is -0.143. The number of anilines is 2. The van der Waals surface area contributed by atoms with Gasteiger partial charge in [0.25, 0.3) is 0 Å². The Morgan fingerprint density at radius 1 is 0.980 bits per heavy atom. The number of carbonyl (C=O) groups is 2. The molecule has 0 radical (unpaired) electrons. The average molecular weight is 722 g/mol. The minimum Gasteiger partial charge on any atom is -0.489 e. The maximum absolute atomic E-state index is 13.9.